The lowest BCUT2D eigenvalue weighted by Crippen LogP contribution is -2.41. The van der Waals surface area contributed by atoms with E-state index >= 15 is 0 Å². The zero-order chi connectivity index (χ0) is 17.5. The van der Waals surface area contributed by atoms with Gasteiger partial charge < -0.3 is 14.6 Å². The van der Waals surface area contributed by atoms with Gasteiger partial charge in [-0.3, -0.25) is 5.32 Å². The summed E-state index contributed by atoms with van der Waals surface area (Å²) < 4.78 is 12.1. The number of hydrogen-bond acceptors (Lipinski definition) is 6. The standard InChI is InChI=1S/C15H21BN4O3S/c1-6-17-12(21)20-13-19-10-7-9(8-18-11(10)24-13)16-22-14(2,3)15(4,5)23-16/h7-8H,6H2,1-5H3,(H2,17,19,20,21). The molecule has 1 aliphatic heterocycles. The Labute approximate surface area is 145 Å². The Morgan fingerprint density at radius 2 is 1.96 bits per heavy atom. The summed E-state index contributed by atoms with van der Waals surface area (Å²) >= 11 is 1.33. The molecule has 2 aromatic rings. The number of aromatic nitrogens is 2. The summed E-state index contributed by atoms with van der Waals surface area (Å²) in [4.78, 5) is 21.2. The van der Waals surface area contributed by atoms with Crippen molar-refractivity contribution in [3.05, 3.63) is 12.3 Å². The van der Waals surface area contributed by atoms with Gasteiger partial charge >= 0.3 is 13.1 Å². The molecular weight excluding hydrogens is 327 g/mol. The van der Waals surface area contributed by atoms with E-state index < -0.39 is 18.3 Å². The van der Waals surface area contributed by atoms with Gasteiger partial charge in [-0.1, -0.05) is 11.3 Å². The molecule has 1 aliphatic rings. The predicted molar refractivity (Wildman–Crippen MR) is 95.8 cm³/mol. The molecule has 2 N–H and O–H groups in total. The first-order valence-corrected chi connectivity index (χ1v) is 8.70. The molecule has 3 heterocycles. The molecule has 0 aliphatic carbocycles. The van der Waals surface area contributed by atoms with Crippen LogP contribution in [0.25, 0.3) is 10.3 Å². The smallest absolute Gasteiger partial charge is 0.399 e. The Morgan fingerprint density at radius 1 is 1.29 bits per heavy atom. The number of hydrogen-bond donors (Lipinski definition) is 2. The molecular formula is C15H21BN4O3S. The van der Waals surface area contributed by atoms with E-state index in [4.69, 9.17) is 9.31 Å². The van der Waals surface area contributed by atoms with Crippen LogP contribution in [0.3, 0.4) is 0 Å². The molecule has 24 heavy (non-hydrogen) atoms. The highest BCUT2D eigenvalue weighted by molar-refractivity contribution is 7.22. The largest absolute Gasteiger partial charge is 0.496 e. The second kappa shape index (κ2) is 5.98. The van der Waals surface area contributed by atoms with E-state index in [-0.39, 0.29) is 6.03 Å². The number of carbonyl (C=O) groups excluding carboxylic acids is 1. The minimum atomic E-state index is -0.478. The van der Waals surface area contributed by atoms with Crippen LogP contribution < -0.4 is 16.1 Å². The first kappa shape index (κ1) is 17.1. The molecule has 9 heteroatoms. The van der Waals surface area contributed by atoms with Crippen LogP contribution in [0.5, 0.6) is 0 Å². The Balaban J connectivity index is 1.83. The highest BCUT2D eigenvalue weighted by Crippen LogP contribution is 2.36. The molecule has 0 saturated carbocycles. The number of urea groups is 1. The van der Waals surface area contributed by atoms with Gasteiger partial charge in [0.25, 0.3) is 0 Å². The van der Waals surface area contributed by atoms with Crippen molar-refractivity contribution in [3.8, 4) is 0 Å². The third-order valence-corrected chi connectivity index (χ3v) is 5.25. The molecule has 0 spiro atoms. The molecule has 3 rings (SSSR count). The first-order valence-electron chi connectivity index (χ1n) is 7.89. The Bertz CT molecular complexity index is 761. The first-order chi connectivity index (χ1) is 11.2. The third-order valence-electron chi connectivity index (χ3n) is 4.35. The summed E-state index contributed by atoms with van der Waals surface area (Å²) in [7, 11) is -0.478. The summed E-state index contributed by atoms with van der Waals surface area (Å²) in [6.07, 6.45) is 1.73. The fourth-order valence-corrected chi connectivity index (χ4v) is 3.09. The quantitative estimate of drug-likeness (QED) is 0.830. The van der Waals surface area contributed by atoms with Gasteiger partial charge in [-0.2, -0.15) is 0 Å². The molecule has 0 radical (unpaired) electrons. The predicted octanol–water partition coefficient (Wildman–Crippen LogP) is 2.13. The molecule has 0 aromatic carbocycles. The maximum atomic E-state index is 11.6. The number of nitrogens with zero attached hydrogens (tertiary/aromatic N) is 2. The van der Waals surface area contributed by atoms with Gasteiger partial charge in [-0.25, -0.2) is 14.8 Å². The number of carbonyl (C=O) groups is 1. The van der Waals surface area contributed by atoms with Crippen molar-refractivity contribution >= 4 is 45.4 Å². The molecule has 0 bridgehead atoms. The molecule has 1 saturated heterocycles. The number of rotatable bonds is 3. The van der Waals surface area contributed by atoms with Crippen molar-refractivity contribution in [2.75, 3.05) is 11.9 Å². The molecule has 2 amide bonds. The summed E-state index contributed by atoms with van der Waals surface area (Å²) in [5, 5.41) is 5.88. The summed E-state index contributed by atoms with van der Waals surface area (Å²) in [5.41, 5.74) is 0.717. The number of anilines is 1. The van der Waals surface area contributed by atoms with Crippen LogP contribution in [0.4, 0.5) is 9.93 Å². The number of thiazole rings is 1. The molecule has 2 aromatic heterocycles. The summed E-state index contributed by atoms with van der Waals surface area (Å²) in [6.45, 7) is 10.5. The van der Waals surface area contributed by atoms with Crippen molar-refractivity contribution in [2.45, 2.75) is 45.8 Å². The number of nitrogens with one attached hydrogen (secondary N) is 2. The highest BCUT2D eigenvalue weighted by atomic mass is 32.1. The Hall–Kier alpha value is -1.71. The molecule has 0 atom stereocenters. The van der Waals surface area contributed by atoms with Gasteiger partial charge in [0.15, 0.2) is 5.13 Å². The van der Waals surface area contributed by atoms with Gasteiger partial charge in [-0.05, 0) is 40.7 Å². The Morgan fingerprint density at radius 3 is 2.58 bits per heavy atom. The van der Waals surface area contributed by atoms with Crippen LogP contribution in [-0.2, 0) is 9.31 Å². The van der Waals surface area contributed by atoms with Crippen molar-refractivity contribution < 1.29 is 14.1 Å². The van der Waals surface area contributed by atoms with Crippen molar-refractivity contribution in [1.82, 2.24) is 15.3 Å². The third kappa shape index (κ3) is 3.11. The number of fused-ring (bicyclic) bond motifs is 1. The average Bonchev–Trinajstić information content (AvgIpc) is 2.95. The van der Waals surface area contributed by atoms with E-state index in [1.54, 1.807) is 6.20 Å². The molecule has 7 nitrogen and oxygen atoms in total. The van der Waals surface area contributed by atoms with E-state index in [0.29, 0.717) is 17.2 Å². The molecule has 128 valence electrons. The van der Waals surface area contributed by atoms with Gasteiger partial charge in [0.2, 0.25) is 0 Å². The SMILES string of the molecule is CCNC(=O)Nc1nc2cc(B3OC(C)(C)C(C)(C)O3)cnc2s1. The second-order valence-corrected chi connectivity index (χ2v) is 7.66. The second-order valence-electron chi connectivity index (χ2n) is 6.68. The van der Waals surface area contributed by atoms with E-state index in [1.807, 2.05) is 40.7 Å². The van der Waals surface area contributed by atoms with Crippen LogP contribution in [0.1, 0.15) is 34.6 Å². The minimum Gasteiger partial charge on any atom is -0.399 e. The molecule has 1 fully saturated rings. The minimum absolute atomic E-state index is 0.275. The van der Waals surface area contributed by atoms with E-state index in [1.165, 1.54) is 11.3 Å². The maximum Gasteiger partial charge on any atom is 0.496 e. The van der Waals surface area contributed by atoms with E-state index in [9.17, 15) is 4.79 Å². The van der Waals surface area contributed by atoms with Gasteiger partial charge in [0.1, 0.15) is 10.3 Å². The highest BCUT2D eigenvalue weighted by Gasteiger charge is 2.51. The maximum absolute atomic E-state index is 11.6. The van der Waals surface area contributed by atoms with Crippen LogP contribution in [0.15, 0.2) is 12.3 Å². The number of pyridine rings is 1. The van der Waals surface area contributed by atoms with Crippen molar-refractivity contribution in [1.29, 1.82) is 0 Å². The zero-order valence-electron chi connectivity index (χ0n) is 14.5. The monoisotopic (exact) mass is 348 g/mol. The summed E-state index contributed by atoms with van der Waals surface area (Å²) in [6, 6.07) is 1.62. The Kier molecular flexibility index (Phi) is 4.27. The average molecular weight is 348 g/mol. The fraction of sp³-hybridized carbons (Fsp3) is 0.533. The lowest BCUT2D eigenvalue weighted by Gasteiger charge is -2.32. The normalized spacial score (nSPS) is 18.8. The zero-order valence-corrected chi connectivity index (χ0v) is 15.3. The number of amides is 2. The lowest BCUT2D eigenvalue weighted by atomic mass is 9.80. The topological polar surface area (TPSA) is 85.4 Å². The van der Waals surface area contributed by atoms with E-state index in [2.05, 4.69) is 20.6 Å². The van der Waals surface area contributed by atoms with Crippen molar-refractivity contribution in [2.24, 2.45) is 0 Å². The van der Waals surface area contributed by atoms with Crippen LogP contribution in [0, 0.1) is 0 Å². The van der Waals surface area contributed by atoms with Gasteiger partial charge in [-0.15, -0.1) is 0 Å². The van der Waals surface area contributed by atoms with Crippen LogP contribution >= 0.6 is 11.3 Å². The van der Waals surface area contributed by atoms with Crippen LogP contribution in [0.2, 0.25) is 0 Å². The lowest BCUT2D eigenvalue weighted by molar-refractivity contribution is 0.00578. The van der Waals surface area contributed by atoms with Gasteiger partial charge in [0.05, 0.1) is 11.2 Å². The summed E-state index contributed by atoms with van der Waals surface area (Å²) in [5.74, 6) is 0. The van der Waals surface area contributed by atoms with Crippen LogP contribution in [-0.4, -0.2) is 40.9 Å². The van der Waals surface area contributed by atoms with Crippen molar-refractivity contribution in [3.63, 3.8) is 0 Å². The fourth-order valence-electron chi connectivity index (χ4n) is 2.30. The molecule has 0 unspecified atom stereocenters. The van der Waals surface area contributed by atoms with Gasteiger partial charge in [0, 0.05) is 18.2 Å². The van der Waals surface area contributed by atoms with E-state index in [0.717, 1.165) is 10.3 Å².